The van der Waals surface area contributed by atoms with Crippen molar-refractivity contribution in [2.45, 2.75) is 81.3 Å². The number of rotatable bonds is 17. The van der Waals surface area contributed by atoms with Crippen LogP contribution in [0.15, 0.2) is 138 Å². The lowest BCUT2D eigenvalue weighted by atomic mass is 9.96. The third-order valence-corrected chi connectivity index (χ3v) is 11.4. The molecular formula is C64H72O12. The topological polar surface area (TPSA) is 221 Å². The Morgan fingerprint density at radius 3 is 1.25 bits per heavy atom. The summed E-state index contributed by atoms with van der Waals surface area (Å²) < 4.78 is 11.0. The van der Waals surface area contributed by atoms with Crippen LogP contribution in [0.5, 0.6) is 63.2 Å². The molecule has 0 spiro atoms. The first-order valence-corrected chi connectivity index (χ1v) is 24.5. The van der Waals surface area contributed by atoms with Crippen LogP contribution in [0.3, 0.4) is 0 Å². The summed E-state index contributed by atoms with van der Waals surface area (Å²) in [6.07, 6.45) is 21.0. The molecule has 0 aromatic heterocycles. The normalized spacial score (nSPS) is 10.8. The highest BCUT2D eigenvalue weighted by atomic mass is 16.5. The Labute approximate surface area is 446 Å². The van der Waals surface area contributed by atoms with Crippen molar-refractivity contribution in [3.8, 4) is 63.2 Å². The molecule has 0 aliphatic rings. The van der Waals surface area contributed by atoms with E-state index in [-0.39, 0.29) is 58.4 Å². The number of aromatic hydroxyl groups is 9. The smallest absolute Gasteiger partial charge is 0.161 e. The number of phenols is 9. The van der Waals surface area contributed by atoms with Crippen molar-refractivity contribution < 1.29 is 60.5 Å². The Morgan fingerprint density at radius 1 is 0.382 bits per heavy atom. The number of allylic oxidation sites excluding steroid dienone is 7. The van der Waals surface area contributed by atoms with Crippen LogP contribution in [-0.4, -0.2) is 64.8 Å². The van der Waals surface area contributed by atoms with Crippen LogP contribution in [-0.2, 0) is 25.9 Å². The first-order chi connectivity index (χ1) is 36.1. The highest BCUT2D eigenvalue weighted by Crippen LogP contribution is 2.34. The van der Waals surface area contributed by atoms with Crippen LogP contribution in [0.1, 0.15) is 111 Å². The van der Waals surface area contributed by atoms with Gasteiger partial charge in [-0.2, -0.15) is 0 Å². The maximum atomic E-state index is 10.2. The summed E-state index contributed by atoms with van der Waals surface area (Å²) in [5.74, 6) is 0.714. The molecule has 0 unspecified atom stereocenters. The van der Waals surface area contributed by atoms with E-state index in [0.29, 0.717) is 48.5 Å². The zero-order chi connectivity index (χ0) is 56.1. The Kier molecular flexibility index (Phi) is 23.0. The molecule has 0 radical (unpaired) electrons. The van der Waals surface area contributed by atoms with E-state index in [1.807, 2.05) is 97.9 Å². The maximum Gasteiger partial charge on any atom is 0.161 e. The molecule has 0 saturated carbocycles. The maximum absolute atomic E-state index is 10.2. The summed E-state index contributed by atoms with van der Waals surface area (Å²) in [6, 6.07) is 23.7. The molecule has 12 heteroatoms. The Bertz CT molecular complexity index is 3150. The minimum atomic E-state index is -0.186. The fourth-order valence-corrected chi connectivity index (χ4v) is 7.32. The van der Waals surface area contributed by atoms with E-state index >= 15 is 0 Å². The van der Waals surface area contributed by atoms with Gasteiger partial charge in [0.05, 0.1) is 13.7 Å². The van der Waals surface area contributed by atoms with Gasteiger partial charge < -0.3 is 60.5 Å². The van der Waals surface area contributed by atoms with E-state index in [0.717, 1.165) is 50.1 Å². The van der Waals surface area contributed by atoms with Crippen LogP contribution in [0.25, 0.3) is 36.5 Å². The van der Waals surface area contributed by atoms with Crippen molar-refractivity contribution in [1.82, 2.24) is 0 Å². The van der Waals surface area contributed by atoms with Gasteiger partial charge in [0, 0.05) is 23.3 Å². The Balaban J connectivity index is 0.000000247. The molecule has 12 nitrogen and oxygen atoms in total. The van der Waals surface area contributed by atoms with Gasteiger partial charge in [-0.3, -0.25) is 0 Å². The molecule has 400 valence electrons. The van der Waals surface area contributed by atoms with Crippen LogP contribution >= 0.6 is 0 Å². The lowest BCUT2D eigenvalue weighted by Crippen LogP contribution is -2.00. The molecule has 0 heterocycles. The lowest BCUT2D eigenvalue weighted by Gasteiger charge is -2.14. The third-order valence-electron chi connectivity index (χ3n) is 11.4. The summed E-state index contributed by atoms with van der Waals surface area (Å²) in [5.41, 5.74) is 12.7. The van der Waals surface area contributed by atoms with Crippen molar-refractivity contribution >= 4 is 36.5 Å². The second kappa shape index (κ2) is 29.2. The van der Waals surface area contributed by atoms with Gasteiger partial charge in [0.25, 0.3) is 0 Å². The van der Waals surface area contributed by atoms with Gasteiger partial charge in [-0.1, -0.05) is 95.2 Å². The predicted octanol–water partition coefficient (Wildman–Crippen LogP) is 14.3. The van der Waals surface area contributed by atoms with Crippen molar-refractivity contribution in [1.29, 1.82) is 0 Å². The molecule has 0 bridgehead atoms. The van der Waals surface area contributed by atoms with Gasteiger partial charge in [0.2, 0.25) is 0 Å². The molecule has 0 fully saturated rings. The van der Waals surface area contributed by atoms with Crippen LogP contribution in [0.4, 0.5) is 0 Å². The summed E-state index contributed by atoms with van der Waals surface area (Å²) in [4.78, 5) is 0. The van der Waals surface area contributed by atoms with Gasteiger partial charge in [-0.15, -0.1) is 0 Å². The fraction of sp³-hybridized carbons (Fsp3) is 0.219. The predicted molar refractivity (Wildman–Crippen MR) is 307 cm³/mol. The van der Waals surface area contributed by atoms with Crippen molar-refractivity contribution in [2.24, 2.45) is 0 Å². The molecule has 6 aromatic rings. The minimum Gasteiger partial charge on any atom is -0.508 e. The lowest BCUT2D eigenvalue weighted by molar-refractivity contribution is 0.280. The van der Waals surface area contributed by atoms with E-state index in [1.54, 1.807) is 66.7 Å². The van der Waals surface area contributed by atoms with E-state index < -0.39 is 0 Å². The Morgan fingerprint density at radius 2 is 0.789 bits per heavy atom. The standard InChI is InChI=1S/C24H28O4.2C20H22O4/c1-16(2)5-9-21-19(8-6-18-7-10-22(26)23(27)13-18)14-20(25)15-24(21)28-12-11-17(3)4;1-13(2)4-8-17-15(11-16(21)12-19(17)23)7-5-14-6-9-18(22)20(10-14)24-3;1-13(2)3-7-18-15(10-17(22)11-16(18)12-21)6-4-14-5-8-19(23)20(24)9-14/h5-8,10-11,13-15,25-27H,9,12H2,1-4H3;4-7,9-12,21-23H,8H2,1-3H3;3-6,8-11,21-24H,7,12H2,1-2H3/b8-6+;7-5+;6-4+. The molecule has 0 atom stereocenters. The largest absolute Gasteiger partial charge is 0.508 e. The van der Waals surface area contributed by atoms with Gasteiger partial charge in [-0.25, -0.2) is 0 Å². The first-order valence-electron chi connectivity index (χ1n) is 24.5. The zero-order valence-corrected chi connectivity index (χ0v) is 44.8. The Hall–Kier alpha value is -8.74. The number of benzene rings is 6. The zero-order valence-electron chi connectivity index (χ0n) is 44.8. The second-order valence-electron chi connectivity index (χ2n) is 18.9. The summed E-state index contributed by atoms with van der Waals surface area (Å²) in [7, 11) is 1.49. The second-order valence-corrected chi connectivity index (χ2v) is 18.9. The van der Waals surface area contributed by atoms with Crippen LogP contribution in [0, 0.1) is 0 Å². The quantitative estimate of drug-likeness (QED) is 0.0234. The van der Waals surface area contributed by atoms with E-state index in [1.165, 1.54) is 54.2 Å². The van der Waals surface area contributed by atoms with Crippen LogP contribution < -0.4 is 9.47 Å². The molecule has 0 aliphatic carbocycles. The SMILES string of the molecule is CC(C)=CCOc1cc(O)cc(/C=C/c2ccc(O)c(O)c2)c1CC=C(C)C.CC(C)=CCc1c(/C=C/c2ccc(O)c(O)c2)cc(O)cc1CO.COc1cc(/C=C/c2cc(O)cc(O)c2CC=C(C)C)ccc1O. The van der Waals surface area contributed by atoms with Crippen molar-refractivity contribution in [3.05, 3.63) is 193 Å². The number of ether oxygens (including phenoxy) is 2. The molecule has 0 amide bonds. The number of aliphatic hydroxyl groups is 1. The fourth-order valence-electron chi connectivity index (χ4n) is 7.32. The molecular weight excluding hydrogens is 961 g/mol. The first kappa shape index (κ1) is 59.8. The van der Waals surface area contributed by atoms with Gasteiger partial charge >= 0.3 is 0 Å². The number of hydrogen-bond acceptors (Lipinski definition) is 12. The average molecular weight is 1030 g/mol. The third kappa shape index (κ3) is 19.3. The highest BCUT2D eigenvalue weighted by molar-refractivity contribution is 5.76. The van der Waals surface area contributed by atoms with Gasteiger partial charge in [0.15, 0.2) is 34.5 Å². The molecule has 0 saturated heterocycles. The summed E-state index contributed by atoms with van der Waals surface area (Å²) in [5, 5.41) is 97.2. The number of hydrogen-bond donors (Lipinski definition) is 10. The van der Waals surface area contributed by atoms with E-state index in [9.17, 15) is 51.1 Å². The van der Waals surface area contributed by atoms with Gasteiger partial charge in [0.1, 0.15) is 35.4 Å². The minimum absolute atomic E-state index is 0.0105. The molecule has 76 heavy (non-hydrogen) atoms. The van der Waals surface area contributed by atoms with E-state index in [2.05, 4.69) is 12.2 Å². The van der Waals surface area contributed by atoms with Crippen molar-refractivity contribution in [2.75, 3.05) is 13.7 Å². The molecule has 0 aliphatic heterocycles. The molecule has 10 N–H and O–H groups in total. The number of phenolic OH excluding ortho intramolecular Hbond substituents is 9. The molecule has 6 rings (SSSR count). The highest BCUT2D eigenvalue weighted by Gasteiger charge is 2.12. The van der Waals surface area contributed by atoms with Gasteiger partial charge in [-0.05, 0) is 186 Å². The average Bonchev–Trinajstić information content (AvgIpc) is 3.35. The molecule has 6 aromatic carbocycles. The summed E-state index contributed by atoms with van der Waals surface area (Å²) in [6.45, 7) is 16.4. The van der Waals surface area contributed by atoms with Crippen molar-refractivity contribution in [3.63, 3.8) is 0 Å². The monoisotopic (exact) mass is 1030 g/mol. The number of aliphatic hydroxyl groups excluding tert-OH is 1. The van der Waals surface area contributed by atoms with Crippen LogP contribution in [0.2, 0.25) is 0 Å². The summed E-state index contributed by atoms with van der Waals surface area (Å²) >= 11 is 0. The van der Waals surface area contributed by atoms with E-state index in [4.69, 9.17) is 9.47 Å². The number of methoxy groups -OCH3 is 1.